The Labute approximate surface area is 215 Å². The lowest BCUT2D eigenvalue weighted by Gasteiger charge is -2.25. The lowest BCUT2D eigenvalue weighted by atomic mass is 9.86. The quantitative estimate of drug-likeness (QED) is 0.328. The number of thiophene rings is 1. The third kappa shape index (κ3) is 4.69. The van der Waals surface area contributed by atoms with Crippen LogP contribution in [0.15, 0.2) is 49.3 Å². The average Bonchev–Trinajstić information content (AvgIpc) is 3.61. The first-order valence-corrected chi connectivity index (χ1v) is 13.0. The second-order valence-electron chi connectivity index (χ2n) is 9.81. The molecule has 1 spiro atoms. The van der Waals surface area contributed by atoms with Gasteiger partial charge >= 0.3 is 6.18 Å². The van der Waals surface area contributed by atoms with E-state index in [1.165, 1.54) is 11.9 Å². The summed E-state index contributed by atoms with van der Waals surface area (Å²) in [5, 5.41) is 1.42. The highest BCUT2D eigenvalue weighted by atomic mass is 35.5. The first kappa shape index (κ1) is 23.7. The first-order chi connectivity index (χ1) is 17.3. The van der Waals surface area contributed by atoms with Crippen molar-refractivity contribution in [2.24, 2.45) is 5.41 Å². The van der Waals surface area contributed by atoms with Gasteiger partial charge in [-0.05, 0) is 43.1 Å². The van der Waals surface area contributed by atoms with Gasteiger partial charge in [0.2, 0.25) is 0 Å². The molecule has 6 nitrogen and oxygen atoms in total. The molecule has 2 aliphatic heterocycles. The summed E-state index contributed by atoms with van der Waals surface area (Å²) in [4.78, 5) is 18.4. The molecule has 5 heterocycles. The second kappa shape index (κ2) is 9.00. The Morgan fingerprint density at radius 2 is 1.94 bits per heavy atom. The highest BCUT2D eigenvalue weighted by Gasteiger charge is 2.44. The summed E-state index contributed by atoms with van der Waals surface area (Å²) in [5.41, 5.74) is 2.23. The van der Waals surface area contributed by atoms with Gasteiger partial charge in [-0.2, -0.15) is 13.2 Å². The van der Waals surface area contributed by atoms with Crippen LogP contribution in [-0.4, -0.2) is 56.8 Å². The van der Waals surface area contributed by atoms with Gasteiger partial charge in [-0.25, -0.2) is 15.0 Å². The van der Waals surface area contributed by atoms with E-state index in [0.29, 0.717) is 9.85 Å². The number of anilines is 1. The van der Waals surface area contributed by atoms with E-state index in [4.69, 9.17) is 11.6 Å². The smallest absolute Gasteiger partial charge is 0.355 e. The number of benzene rings is 1. The number of fused-ring (bicyclic) bond motifs is 1. The van der Waals surface area contributed by atoms with Crippen LogP contribution in [0.25, 0.3) is 15.9 Å². The molecule has 1 aromatic carbocycles. The van der Waals surface area contributed by atoms with Gasteiger partial charge < -0.3 is 9.47 Å². The molecule has 1 atom stereocenters. The zero-order chi connectivity index (χ0) is 24.9. The molecule has 2 aliphatic rings. The fourth-order valence-corrected chi connectivity index (χ4v) is 6.88. The van der Waals surface area contributed by atoms with Gasteiger partial charge in [0.1, 0.15) is 17.0 Å². The third-order valence-electron chi connectivity index (χ3n) is 7.19. The molecule has 0 N–H and O–H groups in total. The summed E-state index contributed by atoms with van der Waals surface area (Å²) in [6.45, 7) is 4.49. The number of imidazole rings is 1. The number of rotatable bonds is 5. The van der Waals surface area contributed by atoms with Crippen LogP contribution in [-0.2, 0) is 13.0 Å². The molecule has 36 heavy (non-hydrogen) atoms. The maximum atomic E-state index is 12.9. The summed E-state index contributed by atoms with van der Waals surface area (Å²) in [6.07, 6.45) is 3.75. The molecule has 188 valence electrons. The van der Waals surface area contributed by atoms with E-state index in [0.717, 1.165) is 73.8 Å². The largest absolute Gasteiger partial charge is 0.393 e. The third-order valence-corrected chi connectivity index (χ3v) is 8.54. The monoisotopic (exact) mass is 532 g/mol. The number of hydrogen-bond donors (Lipinski definition) is 0. The molecule has 11 heteroatoms. The van der Waals surface area contributed by atoms with Gasteiger partial charge in [-0.15, -0.1) is 11.3 Å². The van der Waals surface area contributed by atoms with Crippen molar-refractivity contribution in [1.82, 2.24) is 24.4 Å². The van der Waals surface area contributed by atoms with Gasteiger partial charge in [0.15, 0.2) is 0 Å². The van der Waals surface area contributed by atoms with Crippen molar-refractivity contribution in [3.05, 3.63) is 64.8 Å². The van der Waals surface area contributed by atoms with Crippen molar-refractivity contribution in [1.29, 1.82) is 0 Å². The van der Waals surface area contributed by atoms with E-state index in [-0.39, 0.29) is 10.3 Å². The minimum Gasteiger partial charge on any atom is -0.355 e. The Kier molecular flexibility index (Phi) is 5.93. The molecule has 0 aliphatic carbocycles. The topological polar surface area (TPSA) is 50.1 Å². The molecular weight excluding hydrogens is 509 g/mol. The predicted molar refractivity (Wildman–Crippen MR) is 135 cm³/mol. The van der Waals surface area contributed by atoms with Gasteiger partial charge in [0.05, 0.1) is 28.8 Å². The van der Waals surface area contributed by atoms with Crippen molar-refractivity contribution in [2.45, 2.75) is 32.0 Å². The van der Waals surface area contributed by atoms with E-state index >= 15 is 0 Å². The number of hydrogen-bond acceptors (Lipinski definition) is 6. The van der Waals surface area contributed by atoms with E-state index in [9.17, 15) is 13.2 Å². The number of nitrogens with zero attached hydrogens (tertiary/aromatic N) is 6. The van der Waals surface area contributed by atoms with Crippen molar-refractivity contribution in [2.75, 3.05) is 31.1 Å². The van der Waals surface area contributed by atoms with Crippen LogP contribution in [0.5, 0.6) is 0 Å². The van der Waals surface area contributed by atoms with Crippen LogP contribution in [0, 0.1) is 5.41 Å². The molecule has 0 radical (unpaired) electrons. The predicted octanol–water partition coefficient (Wildman–Crippen LogP) is 5.74. The van der Waals surface area contributed by atoms with E-state index in [2.05, 4.69) is 30.8 Å². The van der Waals surface area contributed by atoms with Gasteiger partial charge in [-0.1, -0.05) is 17.7 Å². The molecule has 2 fully saturated rings. The second-order valence-corrected chi connectivity index (χ2v) is 11.3. The molecule has 0 amide bonds. The van der Waals surface area contributed by atoms with Crippen molar-refractivity contribution in [3.8, 4) is 5.69 Å². The van der Waals surface area contributed by atoms with E-state index in [1.807, 2.05) is 22.9 Å². The lowest BCUT2D eigenvalue weighted by molar-refractivity contribution is -0.126. The zero-order valence-electron chi connectivity index (χ0n) is 19.4. The molecule has 0 saturated carbocycles. The summed E-state index contributed by atoms with van der Waals surface area (Å²) in [5.74, 6) is 0.752. The van der Waals surface area contributed by atoms with E-state index < -0.39 is 12.6 Å². The maximum absolute atomic E-state index is 12.9. The first-order valence-electron chi connectivity index (χ1n) is 11.8. The van der Waals surface area contributed by atoms with Crippen LogP contribution in [0.4, 0.5) is 19.0 Å². The summed E-state index contributed by atoms with van der Waals surface area (Å²) in [6, 6.07) is 7.78. The normalized spacial score (nSPS) is 20.8. The molecule has 0 bridgehead atoms. The fourth-order valence-electron chi connectivity index (χ4n) is 5.56. The number of halogens is 4. The van der Waals surface area contributed by atoms with Crippen molar-refractivity contribution < 1.29 is 13.2 Å². The SMILES string of the molecule is FC(F)(F)Cc1cc2c(N3CCC4(CCN(Cc5ccc(-n6ccnc6)c(Cl)c5)C4)C3)ncnc2s1. The molecule has 6 rings (SSSR count). The minimum absolute atomic E-state index is 0.155. The maximum Gasteiger partial charge on any atom is 0.393 e. The Balaban J connectivity index is 1.14. The van der Waals surface area contributed by atoms with Crippen LogP contribution in [0.3, 0.4) is 0 Å². The summed E-state index contributed by atoms with van der Waals surface area (Å²) < 4.78 is 40.6. The van der Waals surface area contributed by atoms with Crippen LogP contribution in [0.2, 0.25) is 5.02 Å². The molecule has 3 aromatic heterocycles. The van der Waals surface area contributed by atoms with Crippen molar-refractivity contribution in [3.63, 3.8) is 0 Å². The molecular formula is C25H24ClF3N6S. The highest BCUT2D eigenvalue weighted by molar-refractivity contribution is 7.18. The van der Waals surface area contributed by atoms with Crippen molar-refractivity contribution >= 4 is 39.0 Å². The highest BCUT2D eigenvalue weighted by Crippen LogP contribution is 2.43. The Bertz CT molecular complexity index is 1390. The minimum atomic E-state index is -4.23. The lowest BCUT2D eigenvalue weighted by Crippen LogP contribution is -2.31. The van der Waals surface area contributed by atoms with Crippen LogP contribution >= 0.6 is 22.9 Å². The number of likely N-dealkylation sites (tertiary alicyclic amines) is 1. The van der Waals surface area contributed by atoms with E-state index in [1.54, 1.807) is 18.6 Å². The molecule has 4 aromatic rings. The summed E-state index contributed by atoms with van der Waals surface area (Å²) >= 11 is 7.65. The van der Waals surface area contributed by atoms with Gasteiger partial charge in [0, 0.05) is 48.9 Å². The van der Waals surface area contributed by atoms with Gasteiger partial charge in [-0.3, -0.25) is 4.90 Å². The van der Waals surface area contributed by atoms with Crippen LogP contribution in [0.1, 0.15) is 23.3 Å². The number of aromatic nitrogens is 4. The fraction of sp³-hybridized carbons (Fsp3) is 0.400. The Morgan fingerprint density at radius 3 is 2.72 bits per heavy atom. The molecule has 2 saturated heterocycles. The number of alkyl halides is 3. The summed E-state index contributed by atoms with van der Waals surface area (Å²) in [7, 11) is 0. The van der Waals surface area contributed by atoms with Crippen LogP contribution < -0.4 is 4.90 Å². The van der Waals surface area contributed by atoms with Gasteiger partial charge in [0.25, 0.3) is 0 Å². The molecule has 1 unspecified atom stereocenters. The zero-order valence-corrected chi connectivity index (χ0v) is 21.0. The standard InChI is InChI=1S/C25H24ClF3N6S/c26-20-9-17(1-2-21(20)35-8-5-30-16-35)12-33-6-3-24(13-33)4-7-34(14-24)22-19-10-18(11-25(27,28)29)36-23(19)32-15-31-22/h1-2,5,8-10,15-16H,3-4,6-7,11-14H2. The average molecular weight is 533 g/mol. The Morgan fingerprint density at radius 1 is 1.08 bits per heavy atom. The Hall–Kier alpha value is -2.69.